The summed E-state index contributed by atoms with van der Waals surface area (Å²) in [6.45, 7) is 12.5. The first-order valence-corrected chi connectivity index (χ1v) is 24.3. The molecule has 1 N–H and O–H groups in total. The van der Waals surface area contributed by atoms with Crippen LogP contribution in [0.25, 0.3) is 0 Å². The molecule has 0 saturated heterocycles. The Morgan fingerprint density at radius 1 is 0.464 bits per heavy atom. The zero-order valence-corrected chi connectivity index (χ0v) is 37.9. The minimum Gasteiger partial charge on any atom is -0.463 e. The van der Waals surface area contributed by atoms with Gasteiger partial charge < -0.3 is 24.4 Å². The Balaban J connectivity index is 4.34. The molecule has 0 aromatic heterocycles. The lowest BCUT2D eigenvalue weighted by Crippen LogP contribution is -2.31. The van der Waals surface area contributed by atoms with E-state index in [1.54, 1.807) is 0 Å². The smallest absolute Gasteiger partial charge is 0.406 e. The summed E-state index contributed by atoms with van der Waals surface area (Å²) in [5.41, 5.74) is 0. The average Bonchev–Trinajstić information content (AvgIpc) is 3.18. The third kappa shape index (κ3) is 39.0. The van der Waals surface area contributed by atoms with Crippen molar-refractivity contribution in [1.82, 2.24) is 10.2 Å². The van der Waals surface area contributed by atoms with E-state index in [9.17, 15) is 14.4 Å². The number of unbranched alkanes of at least 4 members (excludes halogenated alkanes) is 23. The normalized spacial score (nSPS) is 12.0. The maximum Gasteiger partial charge on any atom is 0.406 e. The molecule has 0 fully saturated rings. The number of carbonyl (C=O) groups excluding carboxylic acids is 3. The highest BCUT2D eigenvalue weighted by molar-refractivity contribution is 5.69. The Bertz CT molecular complexity index is 855. The predicted molar refractivity (Wildman–Crippen MR) is 236 cm³/mol. The zero-order chi connectivity index (χ0) is 41.2. The van der Waals surface area contributed by atoms with Crippen molar-refractivity contribution in [3.8, 4) is 0 Å². The first-order valence-electron chi connectivity index (χ1n) is 24.3. The Morgan fingerprint density at radius 2 is 0.839 bits per heavy atom. The van der Waals surface area contributed by atoms with Crippen molar-refractivity contribution in [2.75, 3.05) is 33.3 Å². The molecule has 1 atom stereocenters. The van der Waals surface area contributed by atoms with Crippen LogP contribution in [0.15, 0.2) is 0 Å². The number of nitrogens with zero attached hydrogens (tertiary/aromatic N) is 1. The van der Waals surface area contributed by atoms with Crippen molar-refractivity contribution in [2.45, 2.75) is 258 Å². The van der Waals surface area contributed by atoms with Crippen molar-refractivity contribution < 1.29 is 28.6 Å². The topological polar surface area (TPSA) is 94.2 Å². The van der Waals surface area contributed by atoms with Gasteiger partial charge in [-0.1, -0.05) is 156 Å². The third-order valence-electron chi connectivity index (χ3n) is 11.2. The number of esters is 2. The van der Waals surface area contributed by atoms with Gasteiger partial charge in [0.25, 0.3) is 0 Å². The summed E-state index contributed by atoms with van der Waals surface area (Å²) < 4.78 is 16.4. The number of amides is 1. The van der Waals surface area contributed by atoms with Gasteiger partial charge in [0.2, 0.25) is 0 Å². The summed E-state index contributed by atoms with van der Waals surface area (Å²) in [4.78, 5) is 39.1. The Morgan fingerprint density at radius 3 is 1.30 bits per heavy atom. The lowest BCUT2D eigenvalue weighted by Gasteiger charge is -2.22. The summed E-state index contributed by atoms with van der Waals surface area (Å²) in [5.74, 6) is -0.0339. The quantitative estimate of drug-likeness (QED) is 0.0373. The first-order chi connectivity index (χ1) is 27.4. The first kappa shape index (κ1) is 54.2. The average molecular weight is 795 g/mol. The van der Waals surface area contributed by atoms with E-state index in [0.717, 1.165) is 110 Å². The van der Waals surface area contributed by atoms with E-state index in [1.165, 1.54) is 123 Å². The molecular weight excluding hydrogens is 701 g/mol. The Kier molecular flexibility index (Phi) is 41.4. The maximum absolute atomic E-state index is 12.8. The second-order valence-electron chi connectivity index (χ2n) is 16.7. The van der Waals surface area contributed by atoms with Gasteiger partial charge in [-0.3, -0.25) is 9.59 Å². The number of nitrogens with one attached hydrogen (secondary N) is 1. The Hall–Kier alpha value is -1.83. The fourth-order valence-electron chi connectivity index (χ4n) is 7.54. The number of rotatable bonds is 43. The molecule has 0 aromatic carbocycles. The fraction of sp³-hybridized carbons (Fsp3) is 0.938. The highest BCUT2D eigenvalue weighted by Gasteiger charge is 2.15. The van der Waals surface area contributed by atoms with Crippen molar-refractivity contribution in [2.24, 2.45) is 0 Å². The van der Waals surface area contributed by atoms with Crippen LogP contribution in [0, 0.1) is 0 Å². The van der Waals surface area contributed by atoms with E-state index >= 15 is 0 Å². The van der Waals surface area contributed by atoms with Crippen LogP contribution < -0.4 is 5.32 Å². The number of ether oxygens (including phenoxy) is 3. The van der Waals surface area contributed by atoms with Gasteiger partial charge in [-0.25, -0.2) is 4.79 Å². The largest absolute Gasteiger partial charge is 0.463 e. The molecule has 0 spiro atoms. The molecule has 0 aromatic rings. The number of methoxy groups -OCH3 is 1. The molecule has 56 heavy (non-hydrogen) atoms. The SMILES string of the molecule is CCCCCCCCC(C)OC(=O)CCCCCCCN(CCCCCCCC(=O)OC(CCCCCCCC)CCCCCCCC)CCCNC(=O)OC. The van der Waals surface area contributed by atoms with Crippen LogP contribution in [0.3, 0.4) is 0 Å². The molecule has 0 radical (unpaired) electrons. The molecule has 332 valence electrons. The van der Waals surface area contributed by atoms with Crippen molar-refractivity contribution in [3.63, 3.8) is 0 Å². The number of alkyl carbamates (subject to hydrolysis) is 1. The molecule has 0 saturated carbocycles. The van der Waals surface area contributed by atoms with E-state index in [-0.39, 0.29) is 30.2 Å². The van der Waals surface area contributed by atoms with E-state index in [1.807, 2.05) is 6.92 Å². The van der Waals surface area contributed by atoms with Crippen LogP contribution in [0.4, 0.5) is 4.79 Å². The molecule has 1 unspecified atom stereocenters. The monoisotopic (exact) mass is 795 g/mol. The molecule has 8 nitrogen and oxygen atoms in total. The molecule has 0 aliphatic heterocycles. The van der Waals surface area contributed by atoms with Crippen LogP contribution in [0.1, 0.15) is 246 Å². The summed E-state index contributed by atoms with van der Waals surface area (Å²) in [6.07, 6.45) is 38.5. The summed E-state index contributed by atoms with van der Waals surface area (Å²) in [6, 6.07) is 0. The fourth-order valence-corrected chi connectivity index (χ4v) is 7.54. The van der Waals surface area contributed by atoms with Crippen LogP contribution in [0.5, 0.6) is 0 Å². The Labute approximate surface area is 347 Å². The van der Waals surface area contributed by atoms with Gasteiger partial charge in [-0.2, -0.15) is 0 Å². The van der Waals surface area contributed by atoms with Gasteiger partial charge in [0.1, 0.15) is 6.10 Å². The van der Waals surface area contributed by atoms with Crippen LogP contribution in [0.2, 0.25) is 0 Å². The van der Waals surface area contributed by atoms with Crippen molar-refractivity contribution >= 4 is 18.0 Å². The molecular formula is C48H94N2O6. The van der Waals surface area contributed by atoms with E-state index in [0.29, 0.717) is 19.4 Å². The van der Waals surface area contributed by atoms with Crippen molar-refractivity contribution in [3.05, 3.63) is 0 Å². The molecule has 0 heterocycles. The molecule has 1 amide bonds. The summed E-state index contributed by atoms with van der Waals surface area (Å²) in [7, 11) is 1.40. The minimum absolute atomic E-state index is 0.00652. The lowest BCUT2D eigenvalue weighted by molar-refractivity contribution is -0.150. The highest BCUT2D eigenvalue weighted by atomic mass is 16.5. The highest BCUT2D eigenvalue weighted by Crippen LogP contribution is 2.19. The van der Waals surface area contributed by atoms with E-state index < -0.39 is 0 Å². The second kappa shape index (κ2) is 42.8. The second-order valence-corrected chi connectivity index (χ2v) is 16.7. The molecule has 0 bridgehead atoms. The van der Waals surface area contributed by atoms with Gasteiger partial charge in [0.15, 0.2) is 0 Å². The minimum atomic E-state index is -0.372. The zero-order valence-electron chi connectivity index (χ0n) is 37.9. The van der Waals surface area contributed by atoms with Gasteiger partial charge >= 0.3 is 18.0 Å². The van der Waals surface area contributed by atoms with E-state index in [2.05, 4.69) is 31.0 Å². The van der Waals surface area contributed by atoms with Gasteiger partial charge in [0.05, 0.1) is 13.2 Å². The summed E-state index contributed by atoms with van der Waals surface area (Å²) in [5, 5.41) is 2.80. The number of hydrogen-bond donors (Lipinski definition) is 1. The van der Waals surface area contributed by atoms with Crippen molar-refractivity contribution in [1.29, 1.82) is 0 Å². The molecule has 8 heteroatoms. The maximum atomic E-state index is 12.8. The molecule has 0 aliphatic carbocycles. The van der Waals surface area contributed by atoms with Crippen LogP contribution >= 0.6 is 0 Å². The van der Waals surface area contributed by atoms with Gasteiger partial charge in [-0.15, -0.1) is 0 Å². The third-order valence-corrected chi connectivity index (χ3v) is 11.2. The van der Waals surface area contributed by atoms with Gasteiger partial charge in [0, 0.05) is 19.4 Å². The standard InChI is InChI=1S/C48H94N2O6/c1-6-9-12-15-20-27-35-44(4)55-46(51)38-30-23-18-25-32-41-50(43-34-40-49-48(53)54-5)42-33-26-19-24-31-39-47(52)56-45(36-28-21-16-13-10-7-2)37-29-22-17-14-11-8-3/h44-45H,6-43H2,1-5H3,(H,49,53). The van der Waals surface area contributed by atoms with Crippen LogP contribution in [-0.4, -0.2) is 68.4 Å². The van der Waals surface area contributed by atoms with Gasteiger partial charge in [-0.05, 0) is 97.2 Å². The molecule has 0 aliphatic rings. The number of carbonyl (C=O) groups is 3. The summed E-state index contributed by atoms with van der Waals surface area (Å²) >= 11 is 0. The van der Waals surface area contributed by atoms with Crippen LogP contribution in [-0.2, 0) is 23.8 Å². The predicted octanol–water partition coefficient (Wildman–Crippen LogP) is 13.8. The van der Waals surface area contributed by atoms with E-state index in [4.69, 9.17) is 14.2 Å². The molecule has 0 rings (SSSR count). The lowest BCUT2D eigenvalue weighted by atomic mass is 10.0. The number of hydrogen-bond acceptors (Lipinski definition) is 7.